The molecule has 1 heterocycles. The topological polar surface area (TPSA) is 6.48 Å². The van der Waals surface area contributed by atoms with E-state index in [1.54, 1.807) is 0 Å². The van der Waals surface area contributed by atoms with E-state index in [4.69, 9.17) is 0 Å². The minimum Gasteiger partial charge on any atom is -0.302 e. The van der Waals surface area contributed by atoms with E-state index in [1.807, 2.05) is 0 Å². The summed E-state index contributed by atoms with van der Waals surface area (Å²) in [7, 11) is 0. The van der Waals surface area contributed by atoms with Gasteiger partial charge in [-0.2, -0.15) is 0 Å². The van der Waals surface area contributed by atoms with Crippen molar-refractivity contribution in [3.63, 3.8) is 0 Å². The molecule has 2 rings (SSSR count). The SMILES string of the molecule is CC(C)N(CCN1CCC1)C1CC1. The minimum absolute atomic E-state index is 0.744. The molecule has 2 heteroatoms. The zero-order chi connectivity index (χ0) is 9.26. The first-order valence-electron chi connectivity index (χ1n) is 5.75. The van der Waals surface area contributed by atoms with Crippen molar-refractivity contribution in [3.8, 4) is 0 Å². The largest absolute Gasteiger partial charge is 0.302 e. The molecule has 0 radical (unpaired) electrons. The smallest absolute Gasteiger partial charge is 0.0115 e. The summed E-state index contributed by atoms with van der Waals surface area (Å²) >= 11 is 0. The lowest BCUT2D eigenvalue weighted by atomic mass is 10.2. The molecule has 76 valence electrons. The van der Waals surface area contributed by atoms with Crippen LogP contribution < -0.4 is 0 Å². The molecule has 0 aromatic carbocycles. The van der Waals surface area contributed by atoms with Gasteiger partial charge in [0.15, 0.2) is 0 Å². The first-order valence-corrected chi connectivity index (χ1v) is 5.75. The normalized spacial score (nSPS) is 24.0. The lowest BCUT2D eigenvalue weighted by Crippen LogP contribution is -2.44. The summed E-state index contributed by atoms with van der Waals surface area (Å²) in [6, 6.07) is 1.68. The first kappa shape index (κ1) is 9.47. The van der Waals surface area contributed by atoms with Gasteiger partial charge in [0.25, 0.3) is 0 Å². The van der Waals surface area contributed by atoms with Crippen molar-refractivity contribution in [2.75, 3.05) is 26.2 Å². The third-order valence-corrected chi connectivity index (χ3v) is 3.30. The van der Waals surface area contributed by atoms with E-state index in [9.17, 15) is 0 Å². The van der Waals surface area contributed by atoms with Crippen LogP contribution in [0.4, 0.5) is 0 Å². The average Bonchev–Trinajstić information content (AvgIpc) is 2.76. The van der Waals surface area contributed by atoms with Crippen LogP contribution in [0.3, 0.4) is 0 Å². The quantitative estimate of drug-likeness (QED) is 0.637. The number of likely N-dealkylation sites (tertiary alicyclic amines) is 1. The molecule has 0 N–H and O–H groups in total. The Hall–Kier alpha value is -0.0800. The molecule has 1 saturated heterocycles. The molecule has 1 aliphatic carbocycles. The second-order valence-corrected chi connectivity index (χ2v) is 4.76. The average molecular weight is 182 g/mol. The summed E-state index contributed by atoms with van der Waals surface area (Å²) in [4.78, 5) is 5.25. The van der Waals surface area contributed by atoms with Crippen LogP contribution >= 0.6 is 0 Å². The zero-order valence-electron chi connectivity index (χ0n) is 9.00. The highest BCUT2D eigenvalue weighted by Gasteiger charge is 2.30. The van der Waals surface area contributed by atoms with Crippen molar-refractivity contribution in [2.45, 2.75) is 45.2 Å². The number of hydrogen-bond acceptors (Lipinski definition) is 2. The van der Waals surface area contributed by atoms with Gasteiger partial charge in [-0.3, -0.25) is 4.90 Å². The van der Waals surface area contributed by atoms with E-state index in [0.717, 1.165) is 12.1 Å². The lowest BCUT2D eigenvalue weighted by Gasteiger charge is -2.34. The Morgan fingerprint density at radius 2 is 2.00 bits per heavy atom. The van der Waals surface area contributed by atoms with Gasteiger partial charge in [-0.1, -0.05) is 0 Å². The van der Waals surface area contributed by atoms with E-state index < -0.39 is 0 Å². The highest BCUT2D eigenvalue weighted by atomic mass is 15.3. The standard InChI is InChI=1S/C11H22N2/c1-10(2)13(11-4-5-11)9-8-12-6-3-7-12/h10-11H,3-9H2,1-2H3. The summed E-state index contributed by atoms with van der Waals surface area (Å²) in [5, 5.41) is 0. The third kappa shape index (κ3) is 2.44. The molecule has 2 nitrogen and oxygen atoms in total. The van der Waals surface area contributed by atoms with E-state index in [1.165, 1.54) is 45.4 Å². The third-order valence-electron chi connectivity index (χ3n) is 3.30. The van der Waals surface area contributed by atoms with Gasteiger partial charge in [-0.05, 0) is 46.2 Å². The monoisotopic (exact) mass is 182 g/mol. The van der Waals surface area contributed by atoms with Crippen LogP contribution in [0.5, 0.6) is 0 Å². The van der Waals surface area contributed by atoms with Gasteiger partial charge < -0.3 is 4.90 Å². The number of nitrogens with zero attached hydrogens (tertiary/aromatic N) is 2. The van der Waals surface area contributed by atoms with E-state index >= 15 is 0 Å². The molecule has 0 aromatic heterocycles. The highest BCUT2D eigenvalue weighted by Crippen LogP contribution is 2.28. The molecule has 2 fully saturated rings. The molecule has 0 spiro atoms. The van der Waals surface area contributed by atoms with Crippen LogP contribution in [0.25, 0.3) is 0 Å². The molecule has 0 aromatic rings. The Bertz CT molecular complexity index is 157. The second-order valence-electron chi connectivity index (χ2n) is 4.76. The molecule has 2 aliphatic rings. The molecule has 0 unspecified atom stereocenters. The van der Waals surface area contributed by atoms with Crippen molar-refractivity contribution in [3.05, 3.63) is 0 Å². The van der Waals surface area contributed by atoms with E-state index in [0.29, 0.717) is 0 Å². The van der Waals surface area contributed by atoms with Crippen LogP contribution in [0.1, 0.15) is 33.1 Å². The van der Waals surface area contributed by atoms with E-state index in [2.05, 4.69) is 23.6 Å². The van der Waals surface area contributed by atoms with Gasteiger partial charge in [-0.25, -0.2) is 0 Å². The maximum Gasteiger partial charge on any atom is 0.0115 e. The Morgan fingerprint density at radius 1 is 1.31 bits per heavy atom. The fourth-order valence-electron chi connectivity index (χ4n) is 2.13. The van der Waals surface area contributed by atoms with Crippen molar-refractivity contribution < 1.29 is 0 Å². The predicted molar refractivity (Wildman–Crippen MR) is 55.9 cm³/mol. The van der Waals surface area contributed by atoms with E-state index in [-0.39, 0.29) is 0 Å². The van der Waals surface area contributed by atoms with Gasteiger partial charge in [0.2, 0.25) is 0 Å². The molecule has 0 amide bonds. The maximum atomic E-state index is 2.68. The lowest BCUT2D eigenvalue weighted by molar-refractivity contribution is 0.129. The van der Waals surface area contributed by atoms with Crippen molar-refractivity contribution in [1.29, 1.82) is 0 Å². The minimum atomic E-state index is 0.744. The number of rotatable bonds is 5. The Labute approximate surface area is 81.9 Å². The van der Waals surface area contributed by atoms with Gasteiger partial charge in [0.1, 0.15) is 0 Å². The fraction of sp³-hybridized carbons (Fsp3) is 1.00. The van der Waals surface area contributed by atoms with Crippen LogP contribution in [-0.4, -0.2) is 48.1 Å². The van der Waals surface area contributed by atoms with Crippen molar-refractivity contribution in [1.82, 2.24) is 9.80 Å². The molecule has 1 saturated carbocycles. The van der Waals surface area contributed by atoms with Crippen molar-refractivity contribution >= 4 is 0 Å². The summed E-state index contributed by atoms with van der Waals surface area (Å²) < 4.78 is 0. The van der Waals surface area contributed by atoms with Crippen LogP contribution in [0.15, 0.2) is 0 Å². The molecule has 13 heavy (non-hydrogen) atoms. The fourth-order valence-corrected chi connectivity index (χ4v) is 2.13. The van der Waals surface area contributed by atoms with Gasteiger partial charge in [0, 0.05) is 25.2 Å². The maximum absolute atomic E-state index is 2.68. The summed E-state index contributed by atoms with van der Waals surface area (Å²) in [6.07, 6.45) is 4.31. The van der Waals surface area contributed by atoms with Gasteiger partial charge in [0.05, 0.1) is 0 Å². The Balaban J connectivity index is 1.69. The molecule has 0 bridgehead atoms. The second kappa shape index (κ2) is 3.97. The van der Waals surface area contributed by atoms with Crippen molar-refractivity contribution in [2.24, 2.45) is 0 Å². The van der Waals surface area contributed by atoms with Gasteiger partial charge >= 0.3 is 0 Å². The zero-order valence-corrected chi connectivity index (χ0v) is 9.00. The first-order chi connectivity index (χ1) is 6.27. The predicted octanol–water partition coefficient (Wildman–Crippen LogP) is 1.56. The Morgan fingerprint density at radius 3 is 2.38 bits per heavy atom. The number of hydrogen-bond donors (Lipinski definition) is 0. The van der Waals surface area contributed by atoms with Gasteiger partial charge in [-0.15, -0.1) is 0 Å². The van der Waals surface area contributed by atoms with Crippen LogP contribution in [0, 0.1) is 0 Å². The molecular weight excluding hydrogens is 160 g/mol. The Kier molecular flexibility index (Phi) is 2.89. The molecular formula is C11H22N2. The molecule has 1 aliphatic heterocycles. The van der Waals surface area contributed by atoms with Crippen LogP contribution in [0.2, 0.25) is 0 Å². The summed E-state index contributed by atoms with van der Waals surface area (Å²) in [5.41, 5.74) is 0. The molecule has 0 atom stereocenters. The highest BCUT2D eigenvalue weighted by molar-refractivity contribution is 4.87. The summed E-state index contributed by atoms with van der Waals surface area (Å²) in [5.74, 6) is 0. The summed E-state index contributed by atoms with van der Waals surface area (Å²) in [6.45, 7) is 9.94. The van der Waals surface area contributed by atoms with Crippen LogP contribution in [-0.2, 0) is 0 Å².